The van der Waals surface area contributed by atoms with Gasteiger partial charge in [0, 0.05) is 26.1 Å². The molecule has 0 aromatic rings. The summed E-state index contributed by atoms with van der Waals surface area (Å²) in [5.74, 6) is 0.192. The van der Waals surface area contributed by atoms with Crippen molar-refractivity contribution in [1.82, 2.24) is 10.6 Å². The highest BCUT2D eigenvalue weighted by atomic mass is 16.5. The van der Waals surface area contributed by atoms with E-state index in [0.717, 1.165) is 25.7 Å². The number of amides is 1. The first-order valence-electron chi connectivity index (χ1n) is 8.22. The van der Waals surface area contributed by atoms with Crippen LogP contribution in [0.4, 0.5) is 0 Å². The molecule has 0 spiro atoms. The number of carbonyl (C=O) groups excluding carboxylic acids is 2. The van der Waals surface area contributed by atoms with Crippen molar-refractivity contribution in [2.45, 2.75) is 46.1 Å². The van der Waals surface area contributed by atoms with E-state index in [1.165, 1.54) is 0 Å². The van der Waals surface area contributed by atoms with Crippen LogP contribution in [0, 0.1) is 5.92 Å². The van der Waals surface area contributed by atoms with Gasteiger partial charge in [0.15, 0.2) is 0 Å². The lowest BCUT2D eigenvalue weighted by Crippen LogP contribution is -2.38. The van der Waals surface area contributed by atoms with E-state index in [9.17, 15) is 9.59 Å². The van der Waals surface area contributed by atoms with Crippen molar-refractivity contribution in [2.24, 2.45) is 5.92 Å². The van der Waals surface area contributed by atoms with Crippen molar-refractivity contribution < 1.29 is 19.1 Å². The van der Waals surface area contributed by atoms with Gasteiger partial charge in [-0.05, 0) is 12.3 Å². The summed E-state index contributed by atoms with van der Waals surface area (Å²) >= 11 is 0. The number of hydrogen-bond acceptors (Lipinski definition) is 5. The molecule has 0 aromatic heterocycles. The van der Waals surface area contributed by atoms with Crippen LogP contribution in [-0.4, -0.2) is 57.8 Å². The highest BCUT2D eigenvalue weighted by Crippen LogP contribution is 1.97. The number of rotatable bonds is 15. The van der Waals surface area contributed by atoms with Gasteiger partial charge in [0.25, 0.3) is 0 Å². The van der Waals surface area contributed by atoms with E-state index < -0.39 is 0 Å². The molecule has 6 nitrogen and oxygen atoms in total. The van der Waals surface area contributed by atoms with Gasteiger partial charge in [-0.1, -0.05) is 27.2 Å². The van der Waals surface area contributed by atoms with E-state index in [2.05, 4.69) is 17.6 Å². The minimum atomic E-state index is -0.191. The molecule has 1 atom stereocenters. The molecule has 6 heteroatoms. The van der Waals surface area contributed by atoms with E-state index in [-0.39, 0.29) is 17.9 Å². The van der Waals surface area contributed by atoms with Gasteiger partial charge in [-0.2, -0.15) is 0 Å². The van der Waals surface area contributed by atoms with Crippen LogP contribution in [0.5, 0.6) is 0 Å². The second-order valence-corrected chi connectivity index (χ2v) is 5.54. The highest BCUT2D eigenvalue weighted by Gasteiger charge is 2.11. The molecule has 0 rings (SSSR count). The first kappa shape index (κ1) is 21.0. The Labute approximate surface area is 134 Å². The smallest absolute Gasteiger partial charge is 0.221 e. The zero-order valence-electron chi connectivity index (χ0n) is 14.2. The first-order chi connectivity index (χ1) is 10.6. The Kier molecular flexibility index (Phi) is 14.3. The summed E-state index contributed by atoms with van der Waals surface area (Å²) in [5, 5.41) is 5.84. The Morgan fingerprint density at radius 1 is 1.09 bits per heavy atom. The molecule has 130 valence electrons. The van der Waals surface area contributed by atoms with Crippen molar-refractivity contribution in [3.63, 3.8) is 0 Å². The molecule has 0 saturated heterocycles. The van der Waals surface area contributed by atoms with Gasteiger partial charge in [-0.25, -0.2) is 0 Å². The molecule has 22 heavy (non-hydrogen) atoms. The van der Waals surface area contributed by atoms with Gasteiger partial charge >= 0.3 is 0 Å². The Balaban J connectivity index is 3.37. The molecule has 2 N–H and O–H groups in total. The van der Waals surface area contributed by atoms with Crippen LogP contribution in [0.15, 0.2) is 0 Å². The summed E-state index contributed by atoms with van der Waals surface area (Å²) in [4.78, 5) is 22.4. The summed E-state index contributed by atoms with van der Waals surface area (Å²) in [5.41, 5.74) is 0. The fraction of sp³-hybridized carbons (Fsp3) is 0.875. The third kappa shape index (κ3) is 12.7. The third-order valence-electron chi connectivity index (χ3n) is 3.18. The van der Waals surface area contributed by atoms with E-state index in [1.54, 1.807) is 0 Å². The Hall–Kier alpha value is -0.980. The molecule has 0 bridgehead atoms. The maximum absolute atomic E-state index is 11.6. The average Bonchev–Trinajstić information content (AvgIpc) is 2.49. The lowest BCUT2D eigenvalue weighted by Gasteiger charge is -2.15. The molecule has 0 aliphatic carbocycles. The lowest BCUT2D eigenvalue weighted by atomic mass is 10.1. The standard InChI is InChI=1S/C16H32N2O4/c1-4-5-9-21-11-12-22-10-8-18-16(20)6-7-17-15(13-19)14(2)3/h13-15,17H,4-12H2,1-3H3,(H,18,20)/t15-/m1/s1. The van der Waals surface area contributed by atoms with Gasteiger partial charge in [0.05, 0.1) is 25.9 Å². The summed E-state index contributed by atoms with van der Waals surface area (Å²) in [6.07, 6.45) is 3.45. The van der Waals surface area contributed by atoms with E-state index in [4.69, 9.17) is 9.47 Å². The second-order valence-electron chi connectivity index (χ2n) is 5.54. The monoisotopic (exact) mass is 316 g/mol. The predicted octanol–water partition coefficient (Wildman–Crippen LogP) is 1.14. The summed E-state index contributed by atoms with van der Waals surface area (Å²) < 4.78 is 10.7. The molecular weight excluding hydrogens is 284 g/mol. The molecule has 0 aliphatic heterocycles. The summed E-state index contributed by atoms with van der Waals surface area (Å²) in [6.45, 7) is 9.47. The number of hydrogen-bond donors (Lipinski definition) is 2. The quantitative estimate of drug-likeness (QED) is 0.350. The van der Waals surface area contributed by atoms with Crippen molar-refractivity contribution in [3.8, 4) is 0 Å². The van der Waals surface area contributed by atoms with Gasteiger partial charge in [0.1, 0.15) is 6.29 Å². The van der Waals surface area contributed by atoms with Crippen LogP contribution in [0.3, 0.4) is 0 Å². The number of unbranched alkanes of at least 4 members (excludes halogenated alkanes) is 1. The molecule has 0 heterocycles. The average molecular weight is 316 g/mol. The molecule has 0 saturated carbocycles. The van der Waals surface area contributed by atoms with E-state index in [1.807, 2.05) is 13.8 Å². The predicted molar refractivity (Wildman–Crippen MR) is 86.9 cm³/mol. The topological polar surface area (TPSA) is 76.7 Å². The lowest BCUT2D eigenvalue weighted by molar-refractivity contribution is -0.121. The van der Waals surface area contributed by atoms with Crippen LogP contribution in [0.25, 0.3) is 0 Å². The maximum Gasteiger partial charge on any atom is 0.221 e. The van der Waals surface area contributed by atoms with Crippen LogP contribution in [0.2, 0.25) is 0 Å². The molecule has 0 aromatic carbocycles. The van der Waals surface area contributed by atoms with Crippen LogP contribution in [-0.2, 0) is 19.1 Å². The van der Waals surface area contributed by atoms with Crippen molar-refractivity contribution in [2.75, 3.05) is 39.5 Å². The van der Waals surface area contributed by atoms with Gasteiger partial charge in [-0.15, -0.1) is 0 Å². The van der Waals surface area contributed by atoms with Crippen molar-refractivity contribution >= 4 is 12.2 Å². The number of carbonyl (C=O) groups is 2. The zero-order valence-corrected chi connectivity index (χ0v) is 14.2. The molecule has 0 unspecified atom stereocenters. The third-order valence-corrected chi connectivity index (χ3v) is 3.18. The number of nitrogens with one attached hydrogen (secondary N) is 2. The first-order valence-corrected chi connectivity index (χ1v) is 8.22. The summed E-state index contributed by atoms with van der Waals surface area (Å²) in [6, 6.07) is -0.191. The minimum absolute atomic E-state index is 0.0382. The number of aldehydes is 1. The fourth-order valence-electron chi connectivity index (χ4n) is 1.71. The van der Waals surface area contributed by atoms with Crippen molar-refractivity contribution in [1.29, 1.82) is 0 Å². The summed E-state index contributed by atoms with van der Waals surface area (Å²) in [7, 11) is 0. The van der Waals surface area contributed by atoms with E-state index >= 15 is 0 Å². The SMILES string of the molecule is CCCCOCCOCCNC(=O)CCN[C@H](C=O)C(C)C. The van der Waals surface area contributed by atoms with Gasteiger partial charge in [0.2, 0.25) is 5.91 Å². The maximum atomic E-state index is 11.6. The highest BCUT2D eigenvalue weighted by molar-refractivity contribution is 5.76. The van der Waals surface area contributed by atoms with Gasteiger partial charge < -0.3 is 24.9 Å². The molecule has 0 fully saturated rings. The zero-order chi connectivity index (χ0) is 16.6. The fourth-order valence-corrected chi connectivity index (χ4v) is 1.71. The van der Waals surface area contributed by atoms with E-state index in [0.29, 0.717) is 39.3 Å². The van der Waals surface area contributed by atoms with Crippen LogP contribution >= 0.6 is 0 Å². The minimum Gasteiger partial charge on any atom is -0.379 e. The van der Waals surface area contributed by atoms with Crippen molar-refractivity contribution in [3.05, 3.63) is 0 Å². The molecular formula is C16H32N2O4. The Morgan fingerprint density at radius 3 is 2.36 bits per heavy atom. The normalized spacial score (nSPS) is 12.4. The Bertz CT molecular complexity index is 285. The largest absolute Gasteiger partial charge is 0.379 e. The second kappa shape index (κ2) is 14.9. The molecule has 1 amide bonds. The van der Waals surface area contributed by atoms with Crippen LogP contribution < -0.4 is 10.6 Å². The number of ether oxygens (including phenoxy) is 2. The molecule has 0 radical (unpaired) electrons. The molecule has 0 aliphatic rings. The Morgan fingerprint density at radius 2 is 1.77 bits per heavy atom. The van der Waals surface area contributed by atoms with Gasteiger partial charge in [-0.3, -0.25) is 4.79 Å². The van der Waals surface area contributed by atoms with Crippen LogP contribution in [0.1, 0.15) is 40.0 Å².